The first-order valence-electron chi connectivity index (χ1n) is 6.20. The number of methoxy groups -OCH3 is 1. The molecule has 0 spiro atoms. The number of carbonyl (C=O) groups is 2. The van der Waals surface area contributed by atoms with Gasteiger partial charge >= 0.3 is 6.09 Å². The fourth-order valence-electron chi connectivity index (χ4n) is 1.67. The Hall–Kier alpha value is -2.55. The zero-order valence-corrected chi connectivity index (χ0v) is 11.3. The molecule has 0 saturated heterocycles. The number of rotatable bonds is 6. The highest BCUT2D eigenvalue weighted by Crippen LogP contribution is 2.14. The van der Waals surface area contributed by atoms with Crippen molar-refractivity contribution in [1.29, 1.82) is 5.26 Å². The second kappa shape index (κ2) is 8.53. The molecule has 1 aromatic carbocycles. The largest absolute Gasteiger partial charge is 0.453 e. The van der Waals surface area contributed by atoms with Crippen LogP contribution in [0.2, 0.25) is 0 Å². The molecule has 0 fully saturated rings. The maximum Gasteiger partial charge on any atom is 0.406 e. The van der Waals surface area contributed by atoms with Gasteiger partial charge in [-0.1, -0.05) is 30.3 Å². The maximum absolute atomic E-state index is 12.1. The van der Waals surface area contributed by atoms with E-state index in [4.69, 9.17) is 5.26 Å². The maximum atomic E-state index is 12.1. The molecule has 0 bridgehead atoms. The molecule has 1 atom stereocenters. The van der Waals surface area contributed by atoms with Crippen LogP contribution >= 0.6 is 0 Å². The summed E-state index contributed by atoms with van der Waals surface area (Å²) >= 11 is 0. The summed E-state index contributed by atoms with van der Waals surface area (Å²) in [6.45, 7) is 0.423. The summed E-state index contributed by atoms with van der Waals surface area (Å²) in [5, 5.41) is 13.7. The predicted molar refractivity (Wildman–Crippen MR) is 72.8 cm³/mol. The number of carbonyl (C=O) groups excluding carboxylic acids is 2. The quantitative estimate of drug-likeness (QED) is 0.762. The molecule has 106 valence electrons. The van der Waals surface area contributed by atoms with Gasteiger partial charge in [0.15, 0.2) is 0 Å². The summed E-state index contributed by atoms with van der Waals surface area (Å²) in [5.41, 5.74) is 0.790. The number of nitriles is 1. The third-order valence-electron chi connectivity index (χ3n) is 2.69. The minimum atomic E-state index is -0.587. The molecule has 0 aliphatic heterocycles. The normalized spacial score (nSPS) is 11.0. The summed E-state index contributed by atoms with van der Waals surface area (Å²) in [4.78, 5) is 23.2. The third-order valence-corrected chi connectivity index (χ3v) is 2.69. The second-order valence-corrected chi connectivity index (χ2v) is 4.03. The van der Waals surface area contributed by atoms with Gasteiger partial charge in [-0.15, -0.1) is 0 Å². The van der Waals surface area contributed by atoms with Crippen LogP contribution in [0.3, 0.4) is 0 Å². The average Bonchev–Trinajstić information content (AvgIpc) is 2.48. The van der Waals surface area contributed by atoms with E-state index in [1.165, 1.54) is 7.11 Å². The zero-order valence-electron chi connectivity index (χ0n) is 11.3. The predicted octanol–water partition coefficient (Wildman–Crippen LogP) is 1.16. The van der Waals surface area contributed by atoms with Crippen molar-refractivity contribution in [3.63, 3.8) is 0 Å². The number of benzene rings is 1. The number of nitrogens with zero attached hydrogens (tertiary/aromatic N) is 1. The average molecular weight is 275 g/mol. The lowest BCUT2D eigenvalue weighted by Gasteiger charge is -2.17. The Morgan fingerprint density at radius 1 is 1.30 bits per heavy atom. The fourth-order valence-corrected chi connectivity index (χ4v) is 1.67. The van der Waals surface area contributed by atoms with Crippen molar-refractivity contribution in [3.05, 3.63) is 35.9 Å². The van der Waals surface area contributed by atoms with Gasteiger partial charge in [0.2, 0.25) is 5.91 Å². The molecular formula is C14H17N3O3. The molecule has 2 N–H and O–H groups in total. The van der Waals surface area contributed by atoms with Crippen molar-refractivity contribution in [2.45, 2.75) is 12.3 Å². The van der Waals surface area contributed by atoms with Crippen LogP contribution < -0.4 is 10.6 Å². The first-order chi connectivity index (χ1) is 9.69. The van der Waals surface area contributed by atoms with Crippen LogP contribution in [0.5, 0.6) is 0 Å². The Bertz CT molecular complexity index is 482. The Morgan fingerprint density at radius 2 is 2.00 bits per heavy atom. The number of ether oxygens (including phenoxy) is 1. The molecule has 0 radical (unpaired) electrons. The van der Waals surface area contributed by atoms with Gasteiger partial charge in [-0.2, -0.15) is 5.26 Å². The monoisotopic (exact) mass is 275 g/mol. The zero-order chi connectivity index (χ0) is 14.8. The highest BCUT2D eigenvalue weighted by atomic mass is 16.5. The summed E-state index contributed by atoms with van der Waals surface area (Å²) in [6.07, 6.45) is -0.340. The van der Waals surface area contributed by atoms with Crippen molar-refractivity contribution in [3.8, 4) is 6.07 Å². The van der Waals surface area contributed by atoms with Crippen molar-refractivity contribution in [2.24, 2.45) is 0 Å². The number of hydrogen-bond acceptors (Lipinski definition) is 4. The van der Waals surface area contributed by atoms with Crippen LogP contribution in [0.1, 0.15) is 17.9 Å². The molecule has 6 heteroatoms. The minimum absolute atomic E-state index is 0.134. The van der Waals surface area contributed by atoms with E-state index in [0.717, 1.165) is 5.56 Å². The van der Waals surface area contributed by atoms with E-state index in [0.29, 0.717) is 0 Å². The van der Waals surface area contributed by atoms with Crippen molar-refractivity contribution in [2.75, 3.05) is 20.2 Å². The molecule has 0 aromatic heterocycles. The van der Waals surface area contributed by atoms with E-state index in [1.807, 2.05) is 36.4 Å². The number of hydrogen-bond donors (Lipinski definition) is 2. The molecule has 1 rings (SSSR count). The first kappa shape index (κ1) is 15.5. The van der Waals surface area contributed by atoms with Gasteiger partial charge in [0.25, 0.3) is 0 Å². The molecule has 0 heterocycles. The smallest absolute Gasteiger partial charge is 0.406 e. The molecule has 6 nitrogen and oxygen atoms in total. The van der Waals surface area contributed by atoms with E-state index in [9.17, 15) is 9.59 Å². The standard InChI is InChI=1S/C14H17N3O3/c1-20-14(19)17-10-12(11-6-3-2-4-7-11)13(18)16-9-5-8-15/h2-4,6-7,12H,5,9-10H2,1H3,(H,16,18)(H,17,19). The highest BCUT2D eigenvalue weighted by molar-refractivity contribution is 5.84. The molecule has 1 aromatic rings. The number of nitrogens with one attached hydrogen (secondary N) is 2. The van der Waals surface area contributed by atoms with Crippen molar-refractivity contribution in [1.82, 2.24) is 10.6 Å². The fraction of sp³-hybridized carbons (Fsp3) is 0.357. The van der Waals surface area contributed by atoms with Crippen LogP contribution in [0.25, 0.3) is 0 Å². The minimum Gasteiger partial charge on any atom is -0.453 e. The number of amides is 2. The van der Waals surface area contributed by atoms with Gasteiger partial charge in [0, 0.05) is 13.1 Å². The van der Waals surface area contributed by atoms with Crippen molar-refractivity contribution < 1.29 is 14.3 Å². The van der Waals surface area contributed by atoms with Crippen LogP contribution in [0, 0.1) is 11.3 Å². The lowest BCUT2D eigenvalue weighted by Crippen LogP contribution is -2.37. The Kier molecular flexibility index (Phi) is 6.62. The molecule has 0 aliphatic rings. The topological polar surface area (TPSA) is 91.2 Å². The van der Waals surface area contributed by atoms with Gasteiger partial charge in [-0.05, 0) is 5.56 Å². The third kappa shape index (κ3) is 4.98. The van der Waals surface area contributed by atoms with Crippen LogP contribution in [-0.4, -0.2) is 32.2 Å². The molecular weight excluding hydrogens is 258 g/mol. The summed E-state index contributed by atoms with van der Waals surface area (Å²) < 4.78 is 4.49. The Morgan fingerprint density at radius 3 is 2.60 bits per heavy atom. The molecule has 0 saturated carbocycles. The van der Waals surface area contributed by atoms with E-state index in [1.54, 1.807) is 0 Å². The summed E-state index contributed by atoms with van der Waals surface area (Å²) in [7, 11) is 1.26. The Labute approximate surface area is 117 Å². The van der Waals surface area contributed by atoms with Crippen molar-refractivity contribution >= 4 is 12.0 Å². The van der Waals surface area contributed by atoms with E-state index >= 15 is 0 Å². The molecule has 20 heavy (non-hydrogen) atoms. The van der Waals surface area contributed by atoms with Gasteiger partial charge in [0.05, 0.1) is 25.5 Å². The first-order valence-corrected chi connectivity index (χ1v) is 6.20. The SMILES string of the molecule is COC(=O)NCC(C(=O)NCCC#N)c1ccccc1. The van der Waals surface area contributed by atoms with E-state index < -0.39 is 12.0 Å². The lowest BCUT2D eigenvalue weighted by atomic mass is 9.98. The van der Waals surface area contributed by atoms with Gasteiger partial charge in [-0.3, -0.25) is 4.79 Å². The lowest BCUT2D eigenvalue weighted by molar-refractivity contribution is -0.122. The summed E-state index contributed by atoms with van der Waals surface area (Å²) in [6, 6.07) is 11.1. The number of alkyl carbamates (subject to hydrolysis) is 1. The van der Waals surface area contributed by atoms with E-state index in [2.05, 4.69) is 15.4 Å². The van der Waals surface area contributed by atoms with Gasteiger partial charge in [-0.25, -0.2) is 4.79 Å². The molecule has 0 aliphatic carbocycles. The van der Waals surface area contributed by atoms with Crippen LogP contribution in [0.4, 0.5) is 4.79 Å². The Balaban J connectivity index is 2.71. The van der Waals surface area contributed by atoms with Crippen LogP contribution in [0.15, 0.2) is 30.3 Å². The van der Waals surface area contributed by atoms with Gasteiger partial charge in [0.1, 0.15) is 0 Å². The highest BCUT2D eigenvalue weighted by Gasteiger charge is 2.20. The molecule has 1 unspecified atom stereocenters. The molecule has 2 amide bonds. The second-order valence-electron chi connectivity index (χ2n) is 4.03. The van der Waals surface area contributed by atoms with Gasteiger partial charge < -0.3 is 15.4 Å². The van der Waals surface area contributed by atoms with Crippen LogP contribution in [-0.2, 0) is 9.53 Å². The summed E-state index contributed by atoms with van der Waals surface area (Å²) in [5.74, 6) is -0.753. The van der Waals surface area contributed by atoms with E-state index in [-0.39, 0.29) is 25.4 Å².